The lowest BCUT2D eigenvalue weighted by molar-refractivity contribution is -0.137. The number of hydrogen-bond donors (Lipinski definition) is 2. The molecule has 2 aromatic carbocycles. The zero-order valence-electron chi connectivity index (χ0n) is 11.7. The average molecular weight is 422 g/mol. The third-order valence-corrected chi connectivity index (χ3v) is 3.72. The van der Waals surface area contributed by atoms with E-state index in [2.05, 4.69) is 26.5 Å². The summed E-state index contributed by atoms with van der Waals surface area (Å²) in [6.07, 6.45) is -3.31. The number of aromatic hydroxyl groups is 1. The summed E-state index contributed by atoms with van der Waals surface area (Å²) in [6, 6.07) is 6.60. The fourth-order valence-corrected chi connectivity index (χ4v) is 2.55. The highest BCUT2D eigenvalue weighted by Crippen LogP contribution is 2.30. The largest absolute Gasteiger partial charge is 0.506 e. The number of phenols is 1. The number of carbonyl (C=O) groups is 1. The minimum atomic E-state index is -4.47. The van der Waals surface area contributed by atoms with Gasteiger partial charge in [-0.25, -0.2) is 5.43 Å². The molecule has 0 unspecified atom stereocenters. The number of alkyl halides is 3. The second-order valence-electron chi connectivity index (χ2n) is 4.60. The maximum absolute atomic E-state index is 12.5. The summed E-state index contributed by atoms with van der Waals surface area (Å²) in [5.74, 6) is -0.813. The van der Waals surface area contributed by atoms with Crippen LogP contribution in [0.4, 0.5) is 13.2 Å². The Hall–Kier alpha value is -2.06. The molecule has 0 radical (unpaired) electrons. The molecule has 0 aromatic heterocycles. The summed E-state index contributed by atoms with van der Waals surface area (Å²) < 4.78 is 37.7. The third-order valence-electron chi connectivity index (χ3n) is 2.90. The van der Waals surface area contributed by atoms with Crippen molar-refractivity contribution < 1.29 is 23.1 Å². The number of nitrogens with one attached hydrogen (secondary N) is 1. The molecule has 0 atom stereocenters. The van der Waals surface area contributed by atoms with Crippen molar-refractivity contribution in [2.75, 3.05) is 0 Å². The van der Waals surface area contributed by atoms with Crippen molar-refractivity contribution in [2.45, 2.75) is 6.18 Å². The van der Waals surface area contributed by atoms with E-state index in [1.165, 1.54) is 12.1 Å². The number of amides is 1. The van der Waals surface area contributed by atoms with E-state index < -0.39 is 17.6 Å². The van der Waals surface area contributed by atoms with Crippen molar-refractivity contribution in [2.24, 2.45) is 5.10 Å². The maximum Gasteiger partial charge on any atom is 0.416 e. The molecule has 9 heteroatoms. The predicted molar refractivity (Wildman–Crippen MR) is 87.3 cm³/mol. The standard InChI is InChI=1S/C15H9BrClF3N2O2/c16-12-6-11(17)5-9(13(12)23)7-21-22-14(24)8-1-3-10(4-2-8)15(18,19)20/h1-7,23H,(H,22,24)/b21-7+. The van der Waals surface area contributed by atoms with Gasteiger partial charge in [0, 0.05) is 16.1 Å². The van der Waals surface area contributed by atoms with Crippen LogP contribution in [0.3, 0.4) is 0 Å². The SMILES string of the molecule is O=C(N/N=C/c1cc(Cl)cc(Br)c1O)c1ccc(C(F)(F)F)cc1. The maximum atomic E-state index is 12.5. The number of phenolic OH excluding ortho intramolecular Hbond substituents is 1. The van der Waals surface area contributed by atoms with Gasteiger partial charge in [-0.05, 0) is 52.3 Å². The first-order valence-electron chi connectivity index (χ1n) is 6.37. The number of benzene rings is 2. The zero-order valence-corrected chi connectivity index (χ0v) is 14.1. The van der Waals surface area contributed by atoms with Gasteiger partial charge in [0.1, 0.15) is 5.75 Å². The molecule has 4 nitrogen and oxygen atoms in total. The monoisotopic (exact) mass is 420 g/mol. The first-order chi connectivity index (χ1) is 11.2. The van der Waals surface area contributed by atoms with Gasteiger partial charge in [0.25, 0.3) is 5.91 Å². The molecule has 0 saturated heterocycles. The molecule has 1 amide bonds. The summed E-state index contributed by atoms with van der Waals surface area (Å²) in [7, 11) is 0. The van der Waals surface area contributed by atoms with E-state index in [9.17, 15) is 23.1 Å². The number of halogens is 5. The number of nitrogens with zero attached hydrogens (tertiary/aromatic N) is 1. The summed E-state index contributed by atoms with van der Waals surface area (Å²) in [5, 5.41) is 13.8. The smallest absolute Gasteiger partial charge is 0.416 e. The van der Waals surface area contributed by atoms with E-state index in [0.717, 1.165) is 30.5 Å². The van der Waals surface area contributed by atoms with Crippen LogP contribution in [0.2, 0.25) is 5.02 Å². The van der Waals surface area contributed by atoms with Crippen molar-refractivity contribution in [3.63, 3.8) is 0 Å². The fourth-order valence-electron chi connectivity index (χ4n) is 1.72. The summed E-state index contributed by atoms with van der Waals surface area (Å²) in [5.41, 5.74) is 1.56. The van der Waals surface area contributed by atoms with Crippen LogP contribution in [-0.2, 0) is 6.18 Å². The molecule has 24 heavy (non-hydrogen) atoms. The molecule has 2 rings (SSSR count). The number of hydrazone groups is 1. The average Bonchev–Trinajstić information content (AvgIpc) is 2.51. The van der Waals surface area contributed by atoms with E-state index in [1.54, 1.807) is 0 Å². The normalized spacial score (nSPS) is 11.7. The van der Waals surface area contributed by atoms with E-state index >= 15 is 0 Å². The molecule has 0 heterocycles. The highest BCUT2D eigenvalue weighted by Gasteiger charge is 2.30. The topological polar surface area (TPSA) is 61.7 Å². The van der Waals surface area contributed by atoms with E-state index in [-0.39, 0.29) is 16.9 Å². The van der Waals surface area contributed by atoms with Crippen LogP contribution in [-0.4, -0.2) is 17.2 Å². The highest BCUT2D eigenvalue weighted by molar-refractivity contribution is 9.10. The minimum absolute atomic E-state index is 0.0108. The van der Waals surface area contributed by atoms with Crippen molar-refractivity contribution in [3.8, 4) is 5.75 Å². The van der Waals surface area contributed by atoms with Gasteiger partial charge in [-0.3, -0.25) is 4.79 Å². The first-order valence-corrected chi connectivity index (χ1v) is 7.54. The molecule has 0 aliphatic heterocycles. The Kier molecular flexibility index (Phi) is 5.51. The second-order valence-corrected chi connectivity index (χ2v) is 5.89. The van der Waals surface area contributed by atoms with Gasteiger partial charge < -0.3 is 5.11 Å². The molecule has 126 valence electrons. The van der Waals surface area contributed by atoms with Crippen LogP contribution in [0.5, 0.6) is 5.75 Å². The van der Waals surface area contributed by atoms with Crippen LogP contribution >= 0.6 is 27.5 Å². The Morgan fingerprint density at radius 3 is 2.46 bits per heavy atom. The summed E-state index contributed by atoms with van der Waals surface area (Å²) in [6.45, 7) is 0. The van der Waals surface area contributed by atoms with Gasteiger partial charge in [-0.2, -0.15) is 18.3 Å². The van der Waals surface area contributed by atoms with Crippen LogP contribution in [0.25, 0.3) is 0 Å². The molecule has 2 N–H and O–H groups in total. The molecule has 0 fully saturated rings. The van der Waals surface area contributed by atoms with Gasteiger partial charge >= 0.3 is 6.18 Å². The number of carbonyl (C=O) groups excluding carboxylic acids is 1. The Morgan fingerprint density at radius 1 is 1.25 bits per heavy atom. The van der Waals surface area contributed by atoms with Crippen molar-refractivity contribution in [1.82, 2.24) is 5.43 Å². The molecule has 0 spiro atoms. The molecular weight excluding hydrogens is 413 g/mol. The van der Waals surface area contributed by atoms with Gasteiger partial charge in [0.2, 0.25) is 0 Å². The Morgan fingerprint density at radius 2 is 1.88 bits per heavy atom. The van der Waals surface area contributed by atoms with Crippen LogP contribution in [0, 0.1) is 0 Å². The summed E-state index contributed by atoms with van der Waals surface area (Å²) in [4.78, 5) is 11.8. The molecule has 2 aromatic rings. The lowest BCUT2D eigenvalue weighted by Gasteiger charge is -2.07. The lowest BCUT2D eigenvalue weighted by Crippen LogP contribution is -2.18. The molecule has 0 aliphatic carbocycles. The Balaban J connectivity index is 2.08. The molecule has 0 aliphatic rings. The second kappa shape index (κ2) is 7.23. The van der Waals surface area contributed by atoms with Gasteiger partial charge in [-0.15, -0.1) is 0 Å². The minimum Gasteiger partial charge on any atom is -0.506 e. The third kappa shape index (κ3) is 4.48. The van der Waals surface area contributed by atoms with Gasteiger partial charge in [0.05, 0.1) is 16.3 Å². The van der Waals surface area contributed by atoms with Crippen LogP contribution in [0.1, 0.15) is 21.5 Å². The van der Waals surface area contributed by atoms with E-state index in [4.69, 9.17) is 11.6 Å². The highest BCUT2D eigenvalue weighted by atomic mass is 79.9. The molecule has 0 saturated carbocycles. The van der Waals surface area contributed by atoms with Crippen molar-refractivity contribution >= 4 is 39.7 Å². The van der Waals surface area contributed by atoms with Crippen LogP contribution in [0.15, 0.2) is 46.0 Å². The number of rotatable bonds is 3. The Labute approximate surface area is 148 Å². The zero-order chi connectivity index (χ0) is 17.9. The van der Waals surface area contributed by atoms with E-state index in [1.807, 2.05) is 0 Å². The molecular formula is C15H9BrClF3N2O2. The number of hydrogen-bond acceptors (Lipinski definition) is 3. The first kappa shape index (κ1) is 18.3. The van der Waals surface area contributed by atoms with Gasteiger partial charge in [0.15, 0.2) is 0 Å². The van der Waals surface area contributed by atoms with Crippen LogP contribution < -0.4 is 5.43 Å². The van der Waals surface area contributed by atoms with Crippen molar-refractivity contribution in [3.05, 3.63) is 62.6 Å². The van der Waals surface area contributed by atoms with Gasteiger partial charge in [-0.1, -0.05) is 11.6 Å². The van der Waals surface area contributed by atoms with E-state index in [0.29, 0.717) is 9.50 Å². The Bertz CT molecular complexity index is 793. The summed E-state index contributed by atoms with van der Waals surface area (Å²) >= 11 is 8.93. The lowest BCUT2D eigenvalue weighted by atomic mass is 10.1. The molecule has 0 bridgehead atoms. The fraction of sp³-hybridized carbons (Fsp3) is 0.0667. The quantitative estimate of drug-likeness (QED) is 0.562. The predicted octanol–water partition coefficient (Wildman–Crippen LogP) is 4.59. The van der Waals surface area contributed by atoms with Crippen molar-refractivity contribution in [1.29, 1.82) is 0 Å².